The van der Waals surface area contributed by atoms with Crippen LogP contribution < -0.4 is 20.7 Å². The summed E-state index contributed by atoms with van der Waals surface area (Å²) >= 11 is 1.54. The molecule has 0 aliphatic rings. The first-order valence-electron chi connectivity index (χ1n) is 11.5. The number of hydrogen-bond donors (Lipinski definition) is 6. The Bertz CT molecular complexity index is 667. The van der Waals surface area contributed by atoms with E-state index in [1.807, 2.05) is 7.05 Å². The lowest BCUT2D eigenvalue weighted by Gasteiger charge is -2.16. The molecule has 0 aliphatic heterocycles. The molecule has 6 N–H and O–H groups in total. The van der Waals surface area contributed by atoms with Crippen molar-refractivity contribution in [2.45, 2.75) is 57.5 Å². The SMILES string of the molecule is CCCC(NC(=O)CCC(NC(=O)COCCOCCNC(=O)CCCSNC)C(=O)O)C(=O)O. The van der Waals surface area contributed by atoms with E-state index in [0.29, 0.717) is 19.4 Å². The molecule has 0 aliphatic carbocycles. The Morgan fingerprint density at radius 1 is 0.829 bits per heavy atom. The van der Waals surface area contributed by atoms with Gasteiger partial charge in [-0.15, -0.1) is 0 Å². The minimum atomic E-state index is -1.32. The van der Waals surface area contributed by atoms with Crippen molar-refractivity contribution in [1.82, 2.24) is 20.7 Å². The second-order valence-electron chi connectivity index (χ2n) is 7.42. The van der Waals surface area contributed by atoms with Crippen molar-refractivity contribution in [1.29, 1.82) is 0 Å². The molecule has 14 heteroatoms. The quantitative estimate of drug-likeness (QED) is 0.0793. The lowest BCUT2D eigenvalue weighted by Crippen LogP contribution is -2.44. The predicted octanol–water partition coefficient (Wildman–Crippen LogP) is -0.497. The van der Waals surface area contributed by atoms with Gasteiger partial charge >= 0.3 is 11.9 Å². The second-order valence-corrected chi connectivity index (χ2v) is 8.52. The summed E-state index contributed by atoms with van der Waals surface area (Å²) in [6, 6.07) is -2.35. The van der Waals surface area contributed by atoms with Gasteiger partial charge in [0.2, 0.25) is 17.7 Å². The number of carboxylic acid groups (broad SMARTS) is 2. The third-order valence-corrected chi connectivity index (χ3v) is 5.25. The van der Waals surface area contributed by atoms with E-state index < -0.39 is 42.4 Å². The molecule has 13 nitrogen and oxygen atoms in total. The number of carboxylic acids is 2. The number of carbonyl (C=O) groups excluding carboxylic acids is 3. The molecule has 0 bridgehead atoms. The summed E-state index contributed by atoms with van der Waals surface area (Å²) in [7, 11) is 1.82. The number of carbonyl (C=O) groups is 5. The first kappa shape index (κ1) is 32.6. The van der Waals surface area contributed by atoms with Gasteiger partial charge in [-0.1, -0.05) is 25.3 Å². The van der Waals surface area contributed by atoms with Crippen molar-refractivity contribution in [2.24, 2.45) is 0 Å². The topological polar surface area (TPSA) is 192 Å². The minimum absolute atomic E-state index is 0.0497. The van der Waals surface area contributed by atoms with Gasteiger partial charge in [0.25, 0.3) is 0 Å². The van der Waals surface area contributed by atoms with Gasteiger partial charge in [-0.05, 0) is 26.3 Å². The molecule has 0 radical (unpaired) electrons. The second kappa shape index (κ2) is 20.9. The molecule has 0 aromatic carbocycles. The fourth-order valence-corrected chi connectivity index (χ4v) is 3.22. The maximum atomic E-state index is 11.9. The first-order chi connectivity index (χ1) is 16.7. The molecule has 2 unspecified atom stereocenters. The first-order valence-corrected chi connectivity index (χ1v) is 12.4. The van der Waals surface area contributed by atoms with Gasteiger partial charge in [0.15, 0.2) is 0 Å². The Balaban J connectivity index is 3.98. The van der Waals surface area contributed by atoms with E-state index in [1.165, 1.54) is 0 Å². The molecule has 3 amide bonds. The van der Waals surface area contributed by atoms with E-state index in [1.54, 1.807) is 18.9 Å². The molecule has 0 aromatic heterocycles. The van der Waals surface area contributed by atoms with Gasteiger partial charge in [0.1, 0.15) is 18.7 Å². The summed E-state index contributed by atoms with van der Waals surface area (Å²) in [5.41, 5.74) is 0. The van der Waals surface area contributed by atoms with Crippen LogP contribution in [0.2, 0.25) is 0 Å². The molecular weight excluding hydrogens is 484 g/mol. The van der Waals surface area contributed by atoms with Gasteiger partial charge in [-0.25, -0.2) is 9.59 Å². The highest BCUT2D eigenvalue weighted by Crippen LogP contribution is 2.02. The summed E-state index contributed by atoms with van der Waals surface area (Å²) in [6.45, 7) is 2.32. The number of ether oxygens (including phenoxy) is 2. The maximum Gasteiger partial charge on any atom is 0.326 e. The van der Waals surface area contributed by atoms with Crippen LogP contribution in [0.25, 0.3) is 0 Å². The van der Waals surface area contributed by atoms with Crippen molar-refractivity contribution in [3.05, 3.63) is 0 Å². The third-order valence-electron chi connectivity index (χ3n) is 4.47. The van der Waals surface area contributed by atoms with Crippen LogP contribution in [0, 0.1) is 0 Å². The van der Waals surface area contributed by atoms with Crippen molar-refractivity contribution in [3.8, 4) is 0 Å². The van der Waals surface area contributed by atoms with Crippen LogP contribution in [0.5, 0.6) is 0 Å². The van der Waals surface area contributed by atoms with Crippen LogP contribution in [0.4, 0.5) is 0 Å². The summed E-state index contributed by atoms with van der Waals surface area (Å²) in [5.74, 6) is -2.96. The molecule has 35 heavy (non-hydrogen) atoms. The Kier molecular flexibility index (Phi) is 19.5. The third kappa shape index (κ3) is 18.6. The van der Waals surface area contributed by atoms with Crippen LogP contribution >= 0.6 is 11.9 Å². The summed E-state index contributed by atoms with van der Waals surface area (Å²) in [4.78, 5) is 57.9. The zero-order valence-electron chi connectivity index (χ0n) is 20.3. The van der Waals surface area contributed by atoms with Gasteiger partial charge < -0.3 is 35.6 Å². The minimum Gasteiger partial charge on any atom is -0.480 e. The van der Waals surface area contributed by atoms with E-state index in [9.17, 15) is 29.1 Å². The van der Waals surface area contributed by atoms with Gasteiger partial charge in [-0.2, -0.15) is 0 Å². The Hall–Kier alpha value is -2.42. The van der Waals surface area contributed by atoms with E-state index >= 15 is 0 Å². The number of hydrogen-bond acceptors (Lipinski definition) is 9. The average molecular weight is 523 g/mol. The molecule has 202 valence electrons. The number of rotatable bonds is 22. The predicted molar refractivity (Wildman–Crippen MR) is 129 cm³/mol. The highest BCUT2D eigenvalue weighted by Gasteiger charge is 2.23. The molecule has 0 heterocycles. The molecule has 0 rings (SSSR count). The van der Waals surface area contributed by atoms with Crippen LogP contribution in [0.15, 0.2) is 0 Å². The number of nitrogens with one attached hydrogen (secondary N) is 4. The fourth-order valence-electron chi connectivity index (χ4n) is 2.72. The molecule has 0 saturated heterocycles. The van der Waals surface area contributed by atoms with Crippen molar-refractivity contribution in [2.75, 3.05) is 45.8 Å². The Morgan fingerprint density at radius 3 is 2.09 bits per heavy atom. The monoisotopic (exact) mass is 522 g/mol. The van der Waals surface area contributed by atoms with E-state index in [-0.39, 0.29) is 45.0 Å². The van der Waals surface area contributed by atoms with Crippen molar-refractivity contribution < 1.29 is 43.7 Å². The summed E-state index contributed by atoms with van der Waals surface area (Å²) < 4.78 is 13.4. The van der Waals surface area contributed by atoms with Crippen molar-refractivity contribution in [3.63, 3.8) is 0 Å². The number of amides is 3. The lowest BCUT2D eigenvalue weighted by atomic mass is 10.1. The fraction of sp³-hybridized carbons (Fsp3) is 0.762. The largest absolute Gasteiger partial charge is 0.480 e. The lowest BCUT2D eigenvalue weighted by molar-refractivity contribution is -0.144. The van der Waals surface area contributed by atoms with E-state index in [2.05, 4.69) is 20.7 Å². The summed E-state index contributed by atoms with van der Waals surface area (Å²) in [6.07, 6.45) is 1.57. The maximum absolute atomic E-state index is 11.9. The zero-order valence-corrected chi connectivity index (χ0v) is 21.1. The van der Waals surface area contributed by atoms with E-state index in [0.717, 1.165) is 12.2 Å². The van der Waals surface area contributed by atoms with E-state index in [4.69, 9.17) is 14.6 Å². The van der Waals surface area contributed by atoms with Gasteiger partial charge in [0.05, 0.1) is 19.8 Å². The van der Waals surface area contributed by atoms with Crippen molar-refractivity contribution >= 4 is 41.6 Å². The van der Waals surface area contributed by atoms with Crippen LogP contribution in [-0.2, 0) is 33.4 Å². The zero-order chi connectivity index (χ0) is 26.5. The highest BCUT2D eigenvalue weighted by molar-refractivity contribution is 7.97. The van der Waals surface area contributed by atoms with Crippen LogP contribution in [-0.4, -0.2) is 97.7 Å². The Morgan fingerprint density at radius 2 is 1.46 bits per heavy atom. The number of aliphatic carboxylic acids is 2. The van der Waals surface area contributed by atoms with Crippen LogP contribution in [0.1, 0.15) is 45.4 Å². The highest BCUT2D eigenvalue weighted by atomic mass is 32.2. The molecular formula is C21H38N4O9S. The standard InChI is InChI=1S/C21H38N4O9S/c1-3-5-15(20(29)30)24-18(27)8-7-16(21(31)32)25-19(28)14-34-12-11-33-10-9-23-17(26)6-4-13-35-22-2/h15-16,22H,3-14H2,1-2H3,(H,23,26)(H,24,27)(H,25,28)(H,29,30)(H,31,32). The molecule has 0 aromatic rings. The molecule has 2 atom stereocenters. The van der Waals surface area contributed by atoms with Gasteiger partial charge in [-0.3, -0.25) is 19.1 Å². The average Bonchev–Trinajstić information content (AvgIpc) is 2.80. The molecule has 0 fully saturated rings. The Labute approximate surface area is 209 Å². The molecule has 0 saturated carbocycles. The van der Waals surface area contributed by atoms with Gasteiger partial charge in [0, 0.05) is 25.1 Å². The van der Waals surface area contributed by atoms with Crippen LogP contribution in [0.3, 0.4) is 0 Å². The smallest absolute Gasteiger partial charge is 0.326 e. The summed E-state index contributed by atoms with van der Waals surface area (Å²) in [5, 5.41) is 25.7. The molecule has 0 spiro atoms. The normalized spacial score (nSPS) is 12.4.